The minimum atomic E-state index is -0.373. The van der Waals surface area contributed by atoms with Gasteiger partial charge in [0.15, 0.2) is 0 Å². The molecule has 0 spiro atoms. The first kappa shape index (κ1) is 13.9. The summed E-state index contributed by atoms with van der Waals surface area (Å²) in [5.41, 5.74) is 0. The monoisotopic (exact) mass is 257 g/mol. The van der Waals surface area contributed by atoms with Crippen molar-refractivity contribution in [2.24, 2.45) is 5.92 Å². The van der Waals surface area contributed by atoms with Crippen molar-refractivity contribution in [1.82, 2.24) is 9.36 Å². The number of carbonyl (C=O) groups excluding carboxylic acids is 1. The molecule has 1 rings (SSSR count). The fraction of sp³-hybridized carbons (Fsp3) is 0.727. The molecule has 6 heteroatoms. The molecule has 0 radical (unpaired) electrons. The van der Waals surface area contributed by atoms with E-state index in [1.807, 2.05) is 13.8 Å². The van der Waals surface area contributed by atoms with Gasteiger partial charge >= 0.3 is 5.97 Å². The third-order valence-electron chi connectivity index (χ3n) is 2.34. The quantitative estimate of drug-likeness (QED) is 0.791. The van der Waals surface area contributed by atoms with Crippen LogP contribution in [0.3, 0.4) is 0 Å². The zero-order valence-electron chi connectivity index (χ0n) is 10.7. The zero-order valence-corrected chi connectivity index (χ0v) is 11.5. The molecule has 1 heterocycles. The van der Waals surface area contributed by atoms with Crippen LogP contribution in [0.2, 0.25) is 0 Å². The number of rotatable bonds is 6. The van der Waals surface area contributed by atoms with Crippen LogP contribution in [-0.4, -0.2) is 28.5 Å². The molecular weight excluding hydrogens is 238 g/mol. The van der Waals surface area contributed by atoms with Crippen molar-refractivity contribution in [2.45, 2.75) is 39.7 Å². The lowest BCUT2D eigenvalue weighted by Gasteiger charge is -2.18. The lowest BCUT2D eigenvalue weighted by Crippen LogP contribution is -2.35. The van der Waals surface area contributed by atoms with Gasteiger partial charge in [0.2, 0.25) is 5.13 Å². The highest BCUT2D eigenvalue weighted by Gasteiger charge is 2.23. The molecule has 0 saturated heterocycles. The molecule has 1 N–H and O–H groups in total. The number of carbonyl (C=O) groups is 1. The Bertz CT molecular complexity index is 365. The van der Waals surface area contributed by atoms with Crippen molar-refractivity contribution in [3.05, 3.63) is 5.82 Å². The van der Waals surface area contributed by atoms with Gasteiger partial charge in [-0.1, -0.05) is 20.8 Å². The molecule has 0 aliphatic carbocycles. The van der Waals surface area contributed by atoms with E-state index < -0.39 is 0 Å². The molecule has 0 amide bonds. The Morgan fingerprint density at radius 2 is 2.24 bits per heavy atom. The highest BCUT2D eigenvalue weighted by atomic mass is 32.1. The first-order valence-corrected chi connectivity index (χ1v) is 6.52. The van der Waals surface area contributed by atoms with Gasteiger partial charge in [-0.15, -0.1) is 0 Å². The fourth-order valence-electron chi connectivity index (χ4n) is 1.40. The Morgan fingerprint density at radius 1 is 1.53 bits per heavy atom. The summed E-state index contributed by atoms with van der Waals surface area (Å²) in [6.45, 7) is 6.00. The summed E-state index contributed by atoms with van der Waals surface area (Å²) in [5.74, 6) is 0.695. The number of aromatic nitrogens is 2. The average Bonchev–Trinajstić information content (AvgIpc) is 2.73. The summed E-state index contributed by atoms with van der Waals surface area (Å²) in [6.07, 6.45) is 1.88. The Kier molecular flexibility index (Phi) is 5.34. The molecule has 0 saturated carbocycles. The number of methoxy groups -OCH3 is 1. The number of nitrogens with one attached hydrogen (secondary N) is 1. The van der Waals surface area contributed by atoms with Gasteiger partial charge in [-0.05, 0) is 12.3 Å². The standard InChI is InChI=1S/C11H19N3O2S/c1-5-6-8-12-11(17-14-8)13-9(7(2)3)10(15)16-4/h7,9H,5-6H2,1-4H3,(H,12,13,14). The topological polar surface area (TPSA) is 64.1 Å². The van der Waals surface area contributed by atoms with Crippen LogP contribution in [0, 0.1) is 5.92 Å². The molecule has 0 bridgehead atoms. The normalized spacial score (nSPS) is 12.5. The molecule has 1 aromatic rings. The van der Waals surface area contributed by atoms with Crippen LogP contribution in [0.5, 0.6) is 0 Å². The lowest BCUT2D eigenvalue weighted by molar-refractivity contribution is -0.142. The third-order valence-corrected chi connectivity index (χ3v) is 3.03. The second kappa shape index (κ2) is 6.54. The van der Waals surface area contributed by atoms with Crippen LogP contribution in [0.4, 0.5) is 5.13 Å². The molecular formula is C11H19N3O2S. The Labute approximate surface area is 106 Å². The summed E-state index contributed by atoms with van der Waals surface area (Å²) >= 11 is 1.28. The van der Waals surface area contributed by atoms with E-state index in [-0.39, 0.29) is 17.9 Å². The van der Waals surface area contributed by atoms with Crippen molar-refractivity contribution < 1.29 is 9.53 Å². The van der Waals surface area contributed by atoms with Crippen molar-refractivity contribution in [3.8, 4) is 0 Å². The zero-order chi connectivity index (χ0) is 12.8. The molecule has 5 nitrogen and oxygen atoms in total. The Hall–Kier alpha value is -1.17. The molecule has 0 aliphatic heterocycles. The van der Waals surface area contributed by atoms with Gasteiger partial charge in [0.25, 0.3) is 0 Å². The van der Waals surface area contributed by atoms with Crippen LogP contribution < -0.4 is 5.32 Å². The highest BCUT2D eigenvalue weighted by Crippen LogP contribution is 2.16. The number of esters is 1. The summed E-state index contributed by atoms with van der Waals surface area (Å²) in [6, 6.07) is -0.373. The molecule has 96 valence electrons. The van der Waals surface area contributed by atoms with E-state index in [0.717, 1.165) is 18.7 Å². The number of aryl methyl sites for hydroxylation is 1. The molecule has 0 fully saturated rings. The van der Waals surface area contributed by atoms with Crippen LogP contribution in [0.1, 0.15) is 33.0 Å². The molecule has 1 atom stereocenters. The number of hydrogen-bond donors (Lipinski definition) is 1. The number of anilines is 1. The van der Waals surface area contributed by atoms with E-state index >= 15 is 0 Å². The number of hydrogen-bond acceptors (Lipinski definition) is 6. The SMILES string of the molecule is CCCc1nsc(NC(C(=O)OC)C(C)C)n1. The number of ether oxygens (including phenoxy) is 1. The first-order valence-electron chi connectivity index (χ1n) is 5.75. The van der Waals surface area contributed by atoms with Crippen LogP contribution in [0.15, 0.2) is 0 Å². The van der Waals surface area contributed by atoms with E-state index in [9.17, 15) is 4.79 Å². The first-order chi connectivity index (χ1) is 8.08. The Balaban J connectivity index is 2.68. The van der Waals surface area contributed by atoms with E-state index in [1.54, 1.807) is 0 Å². The molecule has 17 heavy (non-hydrogen) atoms. The van der Waals surface area contributed by atoms with E-state index in [1.165, 1.54) is 18.6 Å². The maximum absolute atomic E-state index is 11.6. The van der Waals surface area contributed by atoms with Gasteiger partial charge in [-0.2, -0.15) is 4.37 Å². The lowest BCUT2D eigenvalue weighted by atomic mass is 10.1. The predicted molar refractivity (Wildman–Crippen MR) is 68.2 cm³/mol. The number of nitrogens with zero attached hydrogens (tertiary/aromatic N) is 2. The van der Waals surface area contributed by atoms with Gasteiger partial charge in [0, 0.05) is 18.0 Å². The maximum Gasteiger partial charge on any atom is 0.328 e. The predicted octanol–water partition coefficient (Wildman–Crippen LogP) is 2.10. The van der Waals surface area contributed by atoms with Crippen molar-refractivity contribution in [2.75, 3.05) is 12.4 Å². The molecule has 1 unspecified atom stereocenters. The maximum atomic E-state index is 11.6. The molecule has 0 aromatic carbocycles. The van der Waals surface area contributed by atoms with E-state index in [0.29, 0.717) is 5.13 Å². The molecule has 0 aliphatic rings. The van der Waals surface area contributed by atoms with Gasteiger partial charge in [0.1, 0.15) is 11.9 Å². The van der Waals surface area contributed by atoms with Gasteiger partial charge in [-0.25, -0.2) is 9.78 Å². The summed E-state index contributed by atoms with van der Waals surface area (Å²) in [7, 11) is 1.39. The van der Waals surface area contributed by atoms with Gasteiger partial charge in [-0.3, -0.25) is 0 Å². The van der Waals surface area contributed by atoms with Gasteiger partial charge < -0.3 is 10.1 Å². The smallest absolute Gasteiger partial charge is 0.328 e. The fourth-order valence-corrected chi connectivity index (χ4v) is 2.05. The minimum absolute atomic E-state index is 0.140. The Morgan fingerprint density at radius 3 is 2.76 bits per heavy atom. The van der Waals surface area contributed by atoms with Crippen molar-refractivity contribution >= 4 is 22.6 Å². The second-order valence-corrected chi connectivity index (χ2v) is 4.91. The van der Waals surface area contributed by atoms with Crippen molar-refractivity contribution in [3.63, 3.8) is 0 Å². The average molecular weight is 257 g/mol. The van der Waals surface area contributed by atoms with E-state index in [2.05, 4.69) is 21.6 Å². The largest absolute Gasteiger partial charge is 0.467 e. The summed E-state index contributed by atoms with van der Waals surface area (Å²) in [5, 5.41) is 3.76. The van der Waals surface area contributed by atoms with Crippen molar-refractivity contribution in [1.29, 1.82) is 0 Å². The second-order valence-electron chi connectivity index (χ2n) is 4.15. The molecule has 1 aromatic heterocycles. The summed E-state index contributed by atoms with van der Waals surface area (Å²) < 4.78 is 8.97. The van der Waals surface area contributed by atoms with Gasteiger partial charge in [0.05, 0.1) is 7.11 Å². The van der Waals surface area contributed by atoms with E-state index in [4.69, 9.17) is 4.74 Å². The minimum Gasteiger partial charge on any atom is -0.467 e. The van der Waals surface area contributed by atoms with Crippen LogP contribution in [0.25, 0.3) is 0 Å². The van der Waals surface area contributed by atoms with Crippen LogP contribution in [-0.2, 0) is 16.0 Å². The highest BCUT2D eigenvalue weighted by molar-refractivity contribution is 7.09. The summed E-state index contributed by atoms with van der Waals surface area (Å²) in [4.78, 5) is 15.9. The van der Waals surface area contributed by atoms with Crippen LogP contribution >= 0.6 is 11.5 Å². The third kappa shape index (κ3) is 3.96.